The molecule has 1 fully saturated rings. The quantitative estimate of drug-likeness (QED) is 0.832. The van der Waals surface area contributed by atoms with Crippen molar-refractivity contribution in [1.82, 2.24) is 5.32 Å². The summed E-state index contributed by atoms with van der Waals surface area (Å²) in [5, 5.41) is 3.42. The van der Waals surface area contributed by atoms with Gasteiger partial charge in [0.2, 0.25) is 0 Å². The molecule has 1 heterocycles. The van der Waals surface area contributed by atoms with E-state index in [9.17, 15) is 13.2 Å². The molecule has 1 aliphatic rings. The highest BCUT2D eigenvalue weighted by molar-refractivity contribution is 5.49. The molecule has 5 heteroatoms. The van der Waals surface area contributed by atoms with Crippen LogP contribution in [0.5, 0.6) is 0 Å². The molecule has 19 heavy (non-hydrogen) atoms. The van der Waals surface area contributed by atoms with Crippen LogP contribution in [-0.4, -0.2) is 25.2 Å². The van der Waals surface area contributed by atoms with Crippen LogP contribution in [0, 0.1) is 17.5 Å². The zero-order valence-electron chi connectivity index (χ0n) is 11.3. The Bertz CT molecular complexity index is 464. The Morgan fingerprint density at radius 2 is 2.00 bits per heavy atom. The van der Waals surface area contributed by atoms with E-state index in [1.165, 1.54) is 6.07 Å². The number of nitrogens with zero attached hydrogens (tertiary/aromatic N) is 1. The molecule has 2 rings (SSSR count). The summed E-state index contributed by atoms with van der Waals surface area (Å²) in [5.74, 6) is -3.64. The van der Waals surface area contributed by atoms with Crippen molar-refractivity contribution in [1.29, 1.82) is 0 Å². The Kier molecular flexibility index (Phi) is 4.04. The van der Waals surface area contributed by atoms with Gasteiger partial charge in [0, 0.05) is 18.6 Å². The summed E-state index contributed by atoms with van der Waals surface area (Å²) in [6, 6.07) is 2.30. The lowest BCUT2D eigenvalue weighted by atomic mass is 9.98. The lowest BCUT2D eigenvalue weighted by molar-refractivity contribution is 0.365. The third-order valence-corrected chi connectivity index (χ3v) is 3.83. The molecule has 1 atom stereocenters. The maximum absolute atomic E-state index is 13.9. The van der Waals surface area contributed by atoms with E-state index in [2.05, 4.69) is 19.2 Å². The van der Waals surface area contributed by atoms with Crippen LogP contribution in [0.2, 0.25) is 0 Å². The standard InChI is InChI=1S/C14H19F3N2/c1-3-14(2)9-19(8-4-7-18-14)11-6-5-10(15)12(16)13(11)17/h5-6,18H,3-4,7-9H2,1-2H3. The number of rotatable bonds is 2. The minimum Gasteiger partial charge on any atom is -0.367 e. The van der Waals surface area contributed by atoms with E-state index >= 15 is 0 Å². The third-order valence-electron chi connectivity index (χ3n) is 3.83. The first-order chi connectivity index (χ1) is 8.97. The van der Waals surface area contributed by atoms with Gasteiger partial charge >= 0.3 is 0 Å². The molecule has 0 amide bonds. The molecule has 0 saturated carbocycles. The van der Waals surface area contributed by atoms with Crippen LogP contribution in [0.3, 0.4) is 0 Å². The van der Waals surface area contributed by atoms with Crippen LogP contribution >= 0.6 is 0 Å². The van der Waals surface area contributed by atoms with Crippen LogP contribution in [0.25, 0.3) is 0 Å². The first kappa shape index (κ1) is 14.2. The Labute approximate surface area is 111 Å². The largest absolute Gasteiger partial charge is 0.367 e. The fraction of sp³-hybridized carbons (Fsp3) is 0.571. The molecule has 1 saturated heterocycles. The normalized spacial score (nSPS) is 24.4. The van der Waals surface area contributed by atoms with Crippen molar-refractivity contribution in [2.45, 2.75) is 32.2 Å². The number of hydrogen-bond acceptors (Lipinski definition) is 2. The summed E-state index contributed by atoms with van der Waals surface area (Å²) in [6.07, 6.45) is 1.73. The Hall–Kier alpha value is -1.23. The second-order valence-electron chi connectivity index (χ2n) is 5.31. The minimum atomic E-state index is -1.40. The van der Waals surface area contributed by atoms with Crippen molar-refractivity contribution in [2.24, 2.45) is 0 Å². The molecule has 0 spiro atoms. The van der Waals surface area contributed by atoms with Gasteiger partial charge in [0.05, 0.1) is 5.69 Å². The smallest absolute Gasteiger partial charge is 0.196 e. The Morgan fingerprint density at radius 3 is 2.68 bits per heavy atom. The average Bonchev–Trinajstić information content (AvgIpc) is 2.59. The van der Waals surface area contributed by atoms with E-state index < -0.39 is 17.5 Å². The monoisotopic (exact) mass is 272 g/mol. The molecular weight excluding hydrogens is 253 g/mol. The molecule has 0 bridgehead atoms. The Morgan fingerprint density at radius 1 is 1.26 bits per heavy atom. The molecule has 0 aliphatic carbocycles. The zero-order valence-corrected chi connectivity index (χ0v) is 11.3. The van der Waals surface area contributed by atoms with Crippen LogP contribution in [0.4, 0.5) is 18.9 Å². The third kappa shape index (κ3) is 2.86. The molecule has 106 valence electrons. The molecule has 1 unspecified atom stereocenters. The zero-order chi connectivity index (χ0) is 14.0. The van der Waals surface area contributed by atoms with Gasteiger partial charge in [0.15, 0.2) is 17.5 Å². The summed E-state index contributed by atoms with van der Waals surface area (Å²) in [6.45, 7) is 6.16. The van der Waals surface area contributed by atoms with E-state index in [1.54, 1.807) is 4.90 Å². The summed E-state index contributed by atoms with van der Waals surface area (Å²) >= 11 is 0. The number of anilines is 1. The fourth-order valence-corrected chi connectivity index (χ4v) is 2.42. The lowest BCUT2D eigenvalue weighted by Gasteiger charge is -2.34. The molecule has 1 aromatic rings. The second-order valence-corrected chi connectivity index (χ2v) is 5.31. The predicted octanol–water partition coefficient (Wildman–Crippen LogP) is 3.07. The van der Waals surface area contributed by atoms with Crippen molar-refractivity contribution in [2.75, 3.05) is 24.5 Å². The highest BCUT2D eigenvalue weighted by Gasteiger charge is 2.29. The van der Waals surface area contributed by atoms with Crippen molar-refractivity contribution < 1.29 is 13.2 Å². The van der Waals surface area contributed by atoms with Crippen molar-refractivity contribution in [3.05, 3.63) is 29.6 Å². The van der Waals surface area contributed by atoms with Gasteiger partial charge in [-0.25, -0.2) is 13.2 Å². The van der Waals surface area contributed by atoms with Gasteiger partial charge in [-0.15, -0.1) is 0 Å². The SMILES string of the molecule is CCC1(C)CN(c2ccc(F)c(F)c2F)CCCN1. The summed E-state index contributed by atoms with van der Waals surface area (Å²) < 4.78 is 40.2. The van der Waals surface area contributed by atoms with E-state index in [0.717, 1.165) is 25.5 Å². The first-order valence-electron chi connectivity index (χ1n) is 6.60. The Balaban J connectivity index is 2.32. The summed E-state index contributed by atoms with van der Waals surface area (Å²) in [7, 11) is 0. The predicted molar refractivity (Wildman–Crippen MR) is 69.8 cm³/mol. The first-order valence-corrected chi connectivity index (χ1v) is 6.60. The maximum atomic E-state index is 13.9. The topological polar surface area (TPSA) is 15.3 Å². The van der Waals surface area contributed by atoms with Gasteiger partial charge in [0.25, 0.3) is 0 Å². The highest BCUT2D eigenvalue weighted by Crippen LogP contribution is 2.27. The summed E-state index contributed by atoms with van der Waals surface area (Å²) in [5.41, 5.74) is -0.00404. The van der Waals surface area contributed by atoms with Gasteiger partial charge in [-0.3, -0.25) is 0 Å². The molecular formula is C14H19F3N2. The van der Waals surface area contributed by atoms with Gasteiger partial charge in [-0.1, -0.05) is 6.92 Å². The molecule has 2 nitrogen and oxygen atoms in total. The lowest BCUT2D eigenvalue weighted by Crippen LogP contribution is -2.48. The number of benzene rings is 1. The number of nitrogens with one attached hydrogen (secondary N) is 1. The van der Waals surface area contributed by atoms with E-state index in [0.29, 0.717) is 13.1 Å². The average molecular weight is 272 g/mol. The molecule has 1 N–H and O–H groups in total. The van der Waals surface area contributed by atoms with E-state index in [4.69, 9.17) is 0 Å². The highest BCUT2D eigenvalue weighted by atomic mass is 19.2. The van der Waals surface area contributed by atoms with Gasteiger partial charge in [-0.05, 0) is 38.4 Å². The van der Waals surface area contributed by atoms with Crippen molar-refractivity contribution in [3.8, 4) is 0 Å². The molecule has 0 aromatic heterocycles. The van der Waals surface area contributed by atoms with E-state index in [1.807, 2.05) is 0 Å². The summed E-state index contributed by atoms with van der Waals surface area (Å²) in [4.78, 5) is 1.79. The van der Waals surface area contributed by atoms with Crippen LogP contribution < -0.4 is 10.2 Å². The molecule has 1 aromatic carbocycles. The van der Waals surface area contributed by atoms with Gasteiger partial charge in [-0.2, -0.15) is 0 Å². The number of hydrogen-bond donors (Lipinski definition) is 1. The van der Waals surface area contributed by atoms with Crippen molar-refractivity contribution in [3.63, 3.8) is 0 Å². The molecule has 0 radical (unpaired) electrons. The molecule has 1 aliphatic heterocycles. The second kappa shape index (κ2) is 5.41. The maximum Gasteiger partial charge on any atom is 0.196 e. The fourth-order valence-electron chi connectivity index (χ4n) is 2.42. The van der Waals surface area contributed by atoms with Gasteiger partial charge < -0.3 is 10.2 Å². The van der Waals surface area contributed by atoms with Crippen LogP contribution in [0.1, 0.15) is 26.7 Å². The van der Waals surface area contributed by atoms with Crippen molar-refractivity contribution >= 4 is 5.69 Å². The van der Waals surface area contributed by atoms with Crippen LogP contribution in [0.15, 0.2) is 12.1 Å². The van der Waals surface area contributed by atoms with Gasteiger partial charge in [0.1, 0.15) is 0 Å². The number of halogens is 3. The van der Waals surface area contributed by atoms with Crippen LogP contribution in [-0.2, 0) is 0 Å². The van der Waals surface area contributed by atoms with E-state index in [-0.39, 0.29) is 11.2 Å². The minimum absolute atomic E-state index is 0.141.